The van der Waals surface area contributed by atoms with Crippen LogP contribution in [0, 0.1) is 18.8 Å². The SMILES string of the molecule is COc1ccc(C(NC(=O)C(C)C2CNC2)c2ccc(C)cc2)cc1.Cl. The fourth-order valence-electron chi connectivity index (χ4n) is 3.07. The summed E-state index contributed by atoms with van der Waals surface area (Å²) in [7, 11) is 1.66. The van der Waals surface area contributed by atoms with E-state index in [1.807, 2.05) is 31.2 Å². The molecule has 2 unspecified atom stereocenters. The summed E-state index contributed by atoms with van der Waals surface area (Å²) in [4.78, 5) is 12.8. The molecule has 2 aromatic rings. The fourth-order valence-corrected chi connectivity index (χ4v) is 3.07. The van der Waals surface area contributed by atoms with Gasteiger partial charge in [0, 0.05) is 5.92 Å². The van der Waals surface area contributed by atoms with Gasteiger partial charge in [-0.2, -0.15) is 0 Å². The van der Waals surface area contributed by atoms with Crippen molar-refractivity contribution in [1.29, 1.82) is 0 Å². The number of ether oxygens (including phenoxy) is 1. The number of benzene rings is 2. The molecule has 4 nitrogen and oxygen atoms in total. The average molecular weight is 375 g/mol. The quantitative estimate of drug-likeness (QED) is 0.813. The number of carbonyl (C=O) groups excluding carboxylic acids is 1. The first-order valence-electron chi connectivity index (χ1n) is 8.80. The topological polar surface area (TPSA) is 50.4 Å². The predicted molar refractivity (Wildman–Crippen MR) is 107 cm³/mol. The van der Waals surface area contributed by atoms with Crippen molar-refractivity contribution in [3.63, 3.8) is 0 Å². The molecule has 2 N–H and O–H groups in total. The molecule has 1 fully saturated rings. The van der Waals surface area contributed by atoms with E-state index in [1.165, 1.54) is 5.56 Å². The van der Waals surface area contributed by atoms with Crippen LogP contribution in [0.1, 0.15) is 29.7 Å². The molecule has 2 aromatic carbocycles. The van der Waals surface area contributed by atoms with Crippen molar-refractivity contribution in [3.8, 4) is 5.75 Å². The lowest BCUT2D eigenvalue weighted by atomic mass is 9.87. The molecular formula is C21H27ClN2O2. The minimum Gasteiger partial charge on any atom is -0.497 e. The van der Waals surface area contributed by atoms with Gasteiger partial charge in [0.25, 0.3) is 0 Å². The molecule has 1 heterocycles. The second-order valence-electron chi connectivity index (χ2n) is 6.83. The van der Waals surface area contributed by atoms with E-state index in [2.05, 4.69) is 41.8 Å². The van der Waals surface area contributed by atoms with Gasteiger partial charge in [0.2, 0.25) is 5.91 Å². The van der Waals surface area contributed by atoms with Crippen LogP contribution in [0.4, 0.5) is 0 Å². The van der Waals surface area contributed by atoms with Gasteiger partial charge in [0.15, 0.2) is 0 Å². The summed E-state index contributed by atoms with van der Waals surface area (Å²) in [5.41, 5.74) is 3.34. The minimum absolute atomic E-state index is 0. The molecule has 26 heavy (non-hydrogen) atoms. The Morgan fingerprint density at radius 3 is 2.08 bits per heavy atom. The summed E-state index contributed by atoms with van der Waals surface area (Å²) in [5, 5.41) is 6.49. The number of amides is 1. The number of rotatable bonds is 6. The average Bonchev–Trinajstić information content (AvgIpc) is 2.59. The Morgan fingerprint density at radius 2 is 1.62 bits per heavy atom. The molecule has 3 rings (SSSR count). The van der Waals surface area contributed by atoms with E-state index in [0.717, 1.165) is 30.0 Å². The van der Waals surface area contributed by atoms with Crippen LogP contribution >= 0.6 is 12.4 Å². The largest absolute Gasteiger partial charge is 0.497 e. The van der Waals surface area contributed by atoms with Crippen LogP contribution in [0.3, 0.4) is 0 Å². The highest BCUT2D eigenvalue weighted by Crippen LogP contribution is 2.26. The second-order valence-corrected chi connectivity index (χ2v) is 6.83. The maximum Gasteiger partial charge on any atom is 0.223 e. The first-order chi connectivity index (χ1) is 12.1. The molecule has 2 atom stereocenters. The first-order valence-corrected chi connectivity index (χ1v) is 8.80. The Morgan fingerprint density at radius 1 is 1.08 bits per heavy atom. The molecule has 0 aromatic heterocycles. The number of hydrogen-bond donors (Lipinski definition) is 2. The Kier molecular flexibility index (Phi) is 7.06. The zero-order chi connectivity index (χ0) is 17.8. The van der Waals surface area contributed by atoms with Crippen molar-refractivity contribution in [2.24, 2.45) is 11.8 Å². The van der Waals surface area contributed by atoms with Gasteiger partial charge in [-0.1, -0.05) is 48.9 Å². The van der Waals surface area contributed by atoms with Gasteiger partial charge in [-0.15, -0.1) is 12.4 Å². The number of carbonyl (C=O) groups is 1. The van der Waals surface area contributed by atoms with Crippen molar-refractivity contribution in [2.75, 3.05) is 20.2 Å². The minimum atomic E-state index is -0.158. The van der Waals surface area contributed by atoms with Gasteiger partial charge in [0.05, 0.1) is 13.2 Å². The zero-order valence-corrected chi connectivity index (χ0v) is 16.3. The highest BCUT2D eigenvalue weighted by atomic mass is 35.5. The summed E-state index contributed by atoms with van der Waals surface area (Å²) < 4.78 is 5.25. The van der Waals surface area contributed by atoms with Crippen LogP contribution in [0.5, 0.6) is 5.75 Å². The molecule has 1 aliphatic rings. The van der Waals surface area contributed by atoms with E-state index in [9.17, 15) is 4.79 Å². The van der Waals surface area contributed by atoms with Crippen LogP contribution < -0.4 is 15.4 Å². The number of nitrogens with one attached hydrogen (secondary N) is 2. The maximum atomic E-state index is 12.8. The molecule has 140 valence electrons. The standard InChI is InChI=1S/C21H26N2O2.ClH/c1-14-4-6-16(7-5-14)20(17-8-10-19(25-3)11-9-17)23-21(24)15(2)18-12-22-13-18;/h4-11,15,18,20,22H,12-13H2,1-3H3,(H,23,24);1H. The maximum absolute atomic E-state index is 12.8. The molecule has 1 aliphatic heterocycles. The van der Waals surface area contributed by atoms with Crippen LogP contribution in [-0.2, 0) is 4.79 Å². The molecular weight excluding hydrogens is 348 g/mol. The predicted octanol–water partition coefficient (Wildman–Crippen LogP) is 3.49. The van der Waals surface area contributed by atoms with Crippen LogP contribution in [0.15, 0.2) is 48.5 Å². The van der Waals surface area contributed by atoms with Gasteiger partial charge in [-0.25, -0.2) is 0 Å². The Balaban J connectivity index is 0.00000243. The van der Waals surface area contributed by atoms with Gasteiger partial charge in [-0.3, -0.25) is 4.79 Å². The highest BCUT2D eigenvalue weighted by molar-refractivity contribution is 5.85. The number of methoxy groups -OCH3 is 1. The van der Waals surface area contributed by atoms with E-state index in [4.69, 9.17) is 4.74 Å². The van der Waals surface area contributed by atoms with Crippen LogP contribution in [0.25, 0.3) is 0 Å². The third-order valence-corrected chi connectivity index (χ3v) is 5.08. The summed E-state index contributed by atoms with van der Waals surface area (Å²) >= 11 is 0. The Bertz CT molecular complexity index is 712. The molecule has 5 heteroatoms. The summed E-state index contributed by atoms with van der Waals surface area (Å²) in [5.74, 6) is 1.35. The first kappa shape index (κ1) is 20.3. The van der Waals surface area contributed by atoms with Gasteiger partial charge < -0.3 is 15.4 Å². The van der Waals surface area contributed by atoms with E-state index in [-0.39, 0.29) is 30.3 Å². The smallest absolute Gasteiger partial charge is 0.223 e. The van der Waals surface area contributed by atoms with Crippen molar-refractivity contribution in [3.05, 3.63) is 65.2 Å². The number of aryl methyl sites for hydroxylation is 1. The third kappa shape index (κ3) is 4.57. The van der Waals surface area contributed by atoms with Crippen molar-refractivity contribution >= 4 is 18.3 Å². The molecule has 0 saturated carbocycles. The van der Waals surface area contributed by atoms with Crippen LogP contribution in [-0.4, -0.2) is 26.1 Å². The summed E-state index contributed by atoms with van der Waals surface area (Å²) in [6.07, 6.45) is 0. The number of hydrogen-bond acceptors (Lipinski definition) is 3. The van der Waals surface area contributed by atoms with E-state index >= 15 is 0 Å². The molecule has 0 spiro atoms. The zero-order valence-electron chi connectivity index (χ0n) is 15.5. The normalized spacial score (nSPS) is 16.0. The molecule has 1 amide bonds. The fraction of sp³-hybridized carbons (Fsp3) is 0.381. The van der Waals surface area contributed by atoms with E-state index < -0.39 is 0 Å². The molecule has 0 radical (unpaired) electrons. The number of halogens is 1. The van der Waals surface area contributed by atoms with Gasteiger partial charge >= 0.3 is 0 Å². The van der Waals surface area contributed by atoms with Crippen LogP contribution in [0.2, 0.25) is 0 Å². The van der Waals surface area contributed by atoms with Crippen molar-refractivity contribution < 1.29 is 9.53 Å². The Labute approximate surface area is 161 Å². The van der Waals surface area contributed by atoms with E-state index in [0.29, 0.717) is 5.92 Å². The van der Waals surface area contributed by atoms with Gasteiger partial charge in [0.1, 0.15) is 5.75 Å². The molecule has 1 saturated heterocycles. The van der Waals surface area contributed by atoms with Crippen molar-refractivity contribution in [2.45, 2.75) is 19.9 Å². The van der Waals surface area contributed by atoms with Gasteiger partial charge in [-0.05, 0) is 49.2 Å². The monoisotopic (exact) mass is 374 g/mol. The summed E-state index contributed by atoms with van der Waals surface area (Å²) in [6.45, 7) is 5.93. The second kappa shape index (κ2) is 9.06. The lowest BCUT2D eigenvalue weighted by Crippen LogP contribution is -2.50. The Hall–Kier alpha value is -2.04. The highest BCUT2D eigenvalue weighted by Gasteiger charge is 2.30. The van der Waals surface area contributed by atoms with E-state index in [1.54, 1.807) is 7.11 Å². The molecule has 0 aliphatic carbocycles. The lowest BCUT2D eigenvalue weighted by molar-refractivity contribution is -0.127. The summed E-state index contributed by atoms with van der Waals surface area (Å²) in [6, 6.07) is 16.1. The van der Waals surface area contributed by atoms with Crippen molar-refractivity contribution in [1.82, 2.24) is 10.6 Å². The third-order valence-electron chi connectivity index (χ3n) is 5.08. The lowest BCUT2D eigenvalue weighted by Gasteiger charge is -2.33. The molecule has 0 bridgehead atoms.